The second-order valence-corrected chi connectivity index (χ2v) is 10.2. The normalized spacial score (nSPS) is 26.8. The number of halogens is 2. The summed E-state index contributed by atoms with van der Waals surface area (Å²) in [4.78, 5) is 45.3. The molecule has 36 heavy (non-hydrogen) atoms. The van der Waals surface area contributed by atoms with Crippen LogP contribution in [0.1, 0.15) is 44.9 Å². The number of nitrogens with two attached hydrogens (primary N) is 1. The molecule has 1 aromatic rings. The summed E-state index contributed by atoms with van der Waals surface area (Å²) in [6.45, 7) is 3.45. The fourth-order valence-corrected chi connectivity index (χ4v) is 5.87. The highest BCUT2D eigenvalue weighted by atomic mass is 35.5. The van der Waals surface area contributed by atoms with Gasteiger partial charge in [0.05, 0.1) is 17.4 Å². The van der Waals surface area contributed by atoms with Gasteiger partial charge in [-0.3, -0.25) is 24.7 Å². The van der Waals surface area contributed by atoms with E-state index in [4.69, 9.17) is 17.3 Å². The zero-order valence-electron chi connectivity index (χ0n) is 20.3. The number of nitrogens with one attached hydrogen (secondary N) is 3. The van der Waals surface area contributed by atoms with Gasteiger partial charge >= 0.3 is 0 Å². The molecule has 2 heterocycles. The largest absolute Gasteiger partial charge is 0.368 e. The lowest BCUT2D eigenvalue weighted by atomic mass is 9.69. The maximum absolute atomic E-state index is 13.3. The lowest BCUT2D eigenvalue weighted by molar-refractivity contribution is -0.126. The van der Waals surface area contributed by atoms with E-state index >= 15 is 0 Å². The van der Waals surface area contributed by atoms with Crippen LogP contribution in [0.3, 0.4) is 0 Å². The Morgan fingerprint density at radius 2 is 1.89 bits per heavy atom. The van der Waals surface area contributed by atoms with Gasteiger partial charge in [0.1, 0.15) is 17.1 Å². The molecule has 196 valence electrons. The smallest absolute Gasteiger partial charge is 0.267 e. The minimum Gasteiger partial charge on any atom is -0.368 e. The Labute approximate surface area is 215 Å². The molecule has 2 fully saturated rings. The molecule has 11 heteroatoms. The summed E-state index contributed by atoms with van der Waals surface area (Å²) in [7, 11) is 0. The van der Waals surface area contributed by atoms with E-state index in [9.17, 15) is 18.8 Å². The minimum atomic E-state index is -1.35. The second-order valence-electron chi connectivity index (χ2n) is 9.83. The van der Waals surface area contributed by atoms with Crippen molar-refractivity contribution in [3.63, 3.8) is 0 Å². The zero-order chi connectivity index (χ0) is 25.7. The van der Waals surface area contributed by atoms with Crippen LogP contribution in [-0.4, -0.2) is 66.7 Å². The minimum absolute atomic E-state index is 0.132. The van der Waals surface area contributed by atoms with Crippen molar-refractivity contribution >= 4 is 40.7 Å². The first-order valence-corrected chi connectivity index (χ1v) is 13.1. The molecule has 0 bridgehead atoms. The molecule has 2 aliphatic heterocycles. The third kappa shape index (κ3) is 5.71. The number of benzene rings is 1. The maximum Gasteiger partial charge on any atom is 0.267 e. The number of amides is 3. The predicted molar refractivity (Wildman–Crippen MR) is 136 cm³/mol. The number of carbonyl (C=O) groups is 3. The molecule has 1 saturated heterocycles. The lowest BCUT2D eigenvalue weighted by Crippen LogP contribution is -2.66. The fraction of sp³-hybridized carbons (Fsp3) is 0.600. The number of aliphatic imine (C=N–C) groups is 1. The van der Waals surface area contributed by atoms with Crippen LogP contribution in [0.2, 0.25) is 5.02 Å². The van der Waals surface area contributed by atoms with Crippen LogP contribution in [0.4, 0.5) is 10.1 Å². The molecular weight excluding hydrogens is 487 g/mol. The maximum atomic E-state index is 13.3. The van der Waals surface area contributed by atoms with Gasteiger partial charge in [-0.1, -0.05) is 18.0 Å². The van der Waals surface area contributed by atoms with Crippen molar-refractivity contribution in [1.82, 2.24) is 15.5 Å². The number of carbonyl (C=O) groups excluding carboxylic acids is 3. The number of hydrogen-bond donors (Lipinski definition) is 4. The summed E-state index contributed by atoms with van der Waals surface area (Å²) in [6.07, 6.45) is 5.65. The van der Waals surface area contributed by atoms with E-state index in [0.29, 0.717) is 37.9 Å². The topological polar surface area (TPSA) is 129 Å². The van der Waals surface area contributed by atoms with Crippen LogP contribution >= 0.6 is 11.6 Å². The highest BCUT2D eigenvalue weighted by Gasteiger charge is 2.54. The fourth-order valence-electron chi connectivity index (χ4n) is 5.65. The van der Waals surface area contributed by atoms with Crippen LogP contribution in [0.15, 0.2) is 23.2 Å². The highest BCUT2D eigenvalue weighted by Crippen LogP contribution is 2.38. The first kappa shape index (κ1) is 26.5. The molecule has 1 aromatic carbocycles. The summed E-state index contributed by atoms with van der Waals surface area (Å²) >= 11 is 6.03. The van der Waals surface area contributed by atoms with Gasteiger partial charge in [0.25, 0.3) is 5.91 Å². The molecule has 5 N–H and O–H groups in total. The molecule has 9 nitrogen and oxygen atoms in total. The van der Waals surface area contributed by atoms with Crippen molar-refractivity contribution in [1.29, 1.82) is 0 Å². The summed E-state index contributed by atoms with van der Waals surface area (Å²) in [5.74, 6) is -2.25. The highest BCUT2D eigenvalue weighted by molar-refractivity contribution is 6.47. The number of piperidine rings is 1. The Morgan fingerprint density at radius 3 is 2.56 bits per heavy atom. The monoisotopic (exact) mass is 520 g/mol. The molecule has 3 aliphatic rings. The number of likely N-dealkylation sites (tertiary alicyclic amines) is 1. The van der Waals surface area contributed by atoms with E-state index in [-0.39, 0.29) is 41.1 Å². The van der Waals surface area contributed by atoms with E-state index in [1.807, 2.05) is 0 Å². The van der Waals surface area contributed by atoms with Crippen molar-refractivity contribution in [2.75, 3.05) is 38.2 Å². The number of anilines is 1. The summed E-state index contributed by atoms with van der Waals surface area (Å²) in [5.41, 5.74) is 5.01. The summed E-state index contributed by atoms with van der Waals surface area (Å²) < 4.78 is 13.3. The Balaban J connectivity index is 1.35. The van der Waals surface area contributed by atoms with Crippen LogP contribution in [0, 0.1) is 17.7 Å². The number of rotatable bonds is 8. The predicted octanol–water partition coefficient (Wildman–Crippen LogP) is 2.05. The second kappa shape index (κ2) is 11.7. The molecule has 3 amide bonds. The van der Waals surface area contributed by atoms with E-state index in [1.165, 1.54) is 31.4 Å². The van der Waals surface area contributed by atoms with Crippen LogP contribution < -0.4 is 21.7 Å². The molecule has 1 atom stereocenters. The van der Waals surface area contributed by atoms with Crippen LogP contribution in [0.25, 0.3) is 0 Å². The van der Waals surface area contributed by atoms with E-state index in [1.54, 1.807) is 0 Å². The lowest BCUT2D eigenvalue weighted by Gasteiger charge is -2.39. The van der Waals surface area contributed by atoms with Crippen LogP contribution in [-0.2, 0) is 14.4 Å². The molecule has 4 rings (SSSR count). The first-order valence-electron chi connectivity index (χ1n) is 12.7. The Kier molecular flexibility index (Phi) is 8.58. The van der Waals surface area contributed by atoms with E-state index in [0.717, 1.165) is 25.7 Å². The molecule has 0 spiro atoms. The van der Waals surface area contributed by atoms with Gasteiger partial charge in [0.15, 0.2) is 0 Å². The molecular formula is C25H34ClFN6O3. The van der Waals surface area contributed by atoms with E-state index < -0.39 is 17.3 Å². The van der Waals surface area contributed by atoms with Gasteiger partial charge in [-0.05, 0) is 75.7 Å². The molecule has 1 unspecified atom stereocenters. The van der Waals surface area contributed by atoms with Crippen molar-refractivity contribution in [3.05, 3.63) is 29.0 Å². The third-order valence-corrected chi connectivity index (χ3v) is 7.95. The van der Waals surface area contributed by atoms with Gasteiger partial charge in [-0.15, -0.1) is 0 Å². The number of primary amides is 1. The summed E-state index contributed by atoms with van der Waals surface area (Å²) in [5, 5.41) is 8.92. The Bertz CT molecular complexity index is 1020. The van der Waals surface area contributed by atoms with Crippen LogP contribution in [0.5, 0.6) is 0 Å². The molecule has 0 aromatic heterocycles. The number of hydrogen-bond acceptors (Lipinski definition) is 6. The third-order valence-electron chi connectivity index (χ3n) is 7.63. The average molecular weight is 521 g/mol. The van der Waals surface area contributed by atoms with Gasteiger partial charge in [-0.25, -0.2) is 4.39 Å². The van der Waals surface area contributed by atoms with Gasteiger partial charge < -0.3 is 21.3 Å². The quantitative estimate of drug-likeness (QED) is 0.417. The van der Waals surface area contributed by atoms with E-state index in [2.05, 4.69) is 25.8 Å². The van der Waals surface area contributed by atoms with Gasteiger partial charge in [0, 0.05) is 19.0 Å². The molecule has 1 saturated carbocycles. The standard InChI is InChI=1S/C25H34ClFN6O3/c26-19-14-18(27)8-9-20(19)32-22(34)16-4-6-17(7-5-16)25(24(28)36)21(30-15-31-25)23(35)29-10-13-33-11-2-1-3-12-33/h8-9,14,16-17,31H,1-7,10-13,15H2,(H2,28,36)(H,29,35)(H,32,34). The van der Waals surface area contributed by atoms with Crippen molar-refractivity contribution in [2.24, 2.45) is 22.6 Å². The van der Waals surface area contributed by atoms with Crippen molar-refractivity contribution in [2.45, 2.75) is 50.5 Å². The summed E-state index contributed by atoms with van der Waals surface area (Å²) in [6, 6.07) is 3.81. The number of nitrogens with zero attached hydrogens (tertiary/aromatic N) is 2. The van der Waals surface area contributed by atoms with Gasteiger partial charge in [-0.2, -0.15) is 0 Å². The zero-order valence-corrected chi connectivity index (χ0v) is 21.1. The Hall–Kier alpha value is -2.56. The molecule has 1 aliphatic carbocycles. The molecule has 0 radical (unpaired) electrons. The average Bonchev–Trinajstić information content (AvgIpc) is 3.33. The van der Waals surface area contributed by atoms with Crippen molar-refractivity contribution < 1.29 is 18.8 Å². The first-order chi connectivity index (χ1) is 17.3. The SMILES string of the molecule is NC(=O)C1(C2CCC(C(=O)Nc3ccc(F)cc3Cl)CC2)NCN=C1C(=O)NCCN1CCCCC1. The van der Waals surface area contributed by atoms with Crippen molar-refractivity contribution in [3.8, 4) is 0 Å². The van der Waals surface area contributed by atoms with Gasteiger partial charge in [0.2, 0.25) is 11.8 Å². The Morgan fingerprint density at radius 1 is 1.17 bits per heavy atom.